The lowest BCUT2D eigenvalue weighted by atomic mass is 9.89. The molecule has 5 nitrogen and oxygen atoms in total. The Bertz CT molecular complexity index is 991. The predicted octanol–water partition coefficient (Wildman–Crippen LogP) is 3.58. The number of hydrogen-bond acceptors (Lipinski definition) is 6. The van der Waals surface area contributed by atoms with Crippen LogP contribution in [0, 0.1) is 5.92 Å². The summed E-state index contributed by atoms with van der Waals surface area (Å²) in [6.07, 6.45) is 3.11. The molecule has 0 unspecified atom stereocenters. The number of nitrogens with one attached hydrogen (secondary N) is 2. The van der Waals surface area contributed by atoms with E-state index in [0.29, 0.717) is 17.6 Å². The molecule has 3 heterocycles. The summed E-state index contributed by atoms with van der Waals surface area (Å²) in [5.41, 5.74) is 1.10. The van der Waals surface area contributed by atoms with E-state index in [1.54, 1.807) is 22.7 Å². The number of rotatable bonds is 5. The fourth-order valence-corrected chi connectivity index (χ4v) is 5.96. The van der Waals surface area contributed by atoms with Gasteiger partial charge in [-0.3, -0.25) is 9.59 Å². The highest BCUT2D eigenvalue weighted by Gasteiger charge is 2.23. The van der Waals surface area contributed by atoms with E-state index in [0.717, 1.165) is 34.4 Å². The van der Waals surface area contributed by atoms with Gasteiger partial charge in [-0.25, -0.2) is 4.98 Å². The number of fused-ring (bicyclic) bond motifs is 3. The number of amides is 1. The van der Waals surface area contributed by atoms with Crippen LogP contribution in [0.5, 0.6) is 0 Å². The van der Waals surface area contributed by atoms with Gasteiger partial charge in [-0.2, -0.15) is 0 Å². The summed E-state index contributed by atoms with van der Waals surface area (Å²) in [6.45, 7) is 2.79. The average Bonchev–Trinajstić information content (AvgIpc) is 3.24. The highest BCUT2D eigenvalue weighted by Crippen LogP contribution is 2.36. The van der Waals surface area contributed by atoms with Gasteiger partial charge in [0.05, 0.1) is 17.7 Å². The van der Waals surface area contributed by atoms with Crippen LogP contribution in [0.4, 0.5) is 0 Å². The number of hydrogen-bond donors (Lipinski definition) is 2. The second kappa shape index (κ2) is 7.54. The predicted molar refractivity (Wildman–Crippen MR) is 108 cm³/mol. The third kappa shape index (κ3) is 3.72. The van der Waals surface area contributed by atoms with Crippen LogP contribution in [0.3, 0.4) is 0 Å². The molecule has 0 fully saturated rings. The van der Waals surface area contributed by atoms with Crippen molar-refractivity contribution in [3.05, 3.63) is 43.2 Å². The maximum Gasteiger partial charge on any atom is 0.260 e. The van der Waals surface area contributed by atoms with Crippen LogP contribution in [0.25, 0.3) is 10.2 Å². The molecule has 0 saturated heterocycles. The molecule has 1 atom stereocenters. The quantitative estimate of drug-likeness (QED) is 0.503. The van der Waals surface area contributed by atoms with Gasteiger partial charge >= 0.3 is 0 Å². The van der Waals surface area contributed by atoms with Crippen molar-refractivity contribution in [2.75, 3.05) is 5.75 Å². The van der Waals surface area contributed by atoms with Crippen molar-refractivity contribution in [2.24, 2.45) is 5.92 Å². The number of H-pyrrole nitrogens is 1. The first-order valence-corrected chi connectivity index (χ1v) is 11.2. The smallest absolute Gasteiger partial charge is 0.260 e. The molecule has 0 saturated carbocycles. The number of aromatic amines is 1. The van der Waals surface area contributed by atoms with Crippen molar-refractivity contribution in [1.29, 1.82) is 0 Å². The van der Waals surface area contributed by atoms with Gasteiger partial charge in [0.2, 0.25) is 5.91 Å². The minimum absolute atomic E-state index is 0.0644. The van der Waals surface area contributed by atoms with Gasteiger partial charge in [0.1, 0.15) is 4.83 Å². The zero-order valence-electron chi connectivity index (χ0n) is 14.3. The van der Waals surface area contributed by atoms with Crippen molar-refractivity contribution < 1.29 is 4.79 Å². The zero-order chi connectivity index (χ0) is 18.1. The molecule has 0 bridgehead atoms. The summed E-state index contributed by atoms with van der Waals surface area (Å²) in [4.78, 5) is 35.2. The average molecular weight is 406 g/mol. The fourth-order valence-electron chi connectivity index (χ4n) is 3.18. The van der Waals surface area contributed by atoms with Crippen LogP contribution >= 0.6 is 34.4 Å². The topological polar surface area (TPSA) is 74.8 Å². The molecule has 4 rings (SSSR count). The Balaban J connectivity index is 1.45. The molecule has 2 N–H and O–H groups in total. The molecular weight excluding hydrogens is 386 g/mol. The number of nitrogens with zero attached hydrogens (tertiary/aromatic N) is 1. The standard InChI is InChI=1S/C18H19N3O2S3/c1-10-4-5-12-13(7-10)26-17-15(12)16(23)20-18(21-17)25-9-14(22)19-8-11-3-2-6-24-11/h2-3,6,10H,4-5,7-9H2,1H3,(H,19,22)(H,20,21,23)/t10-/m0/s1. The van der Waals surface area contributed by atoms with Crippen molar-refractivity contribution in [3.63, 3.8) is 0 Å². The van der Waals surface area contributed by atoms with E-state index >= 15 is 0 Å². The van der Waals surface area contributed by atoms with E-state index in [9.17, 15) is 9.59 Å². The summed E-state index contributed by atoms with van der Waals surface area (Å²) in [6, 6.07) is 3.95. The van der Waals surface area contributed by atoms with Gasteiger partial charge in [0.25, 0.3) is 5.56 Å². The molecule has 1 aliphatic carbocycles. The van der Waals surface area contributed by atoms with Gasteiger partial charge < -0.3 is 10.3 Å². The number of carbonyl (C=O) groups is 1. The Labute approximate surface area is 163 Å². The third-order valence-corrected chi connectivity index (χ3v) is 7.42. The zero-order valence-corrected chi connectivity index (χ0v) is 16.8. The van der Waals surface area contributed by atoms with Gasteiger partial charge in [0.15, 0.2) is 5.16 Å². The number of aryl methyl sites for hydroxylation is 1. The molecule has 1 aliphatic rings. The molecule has 136 valence electrons. The first kappa shape index (κ1) is 17.8. The van der Waals surface area contributed by atoms with Crippen molar-refractivity contribution in [2.45, 2.75) is 37.9 Å². The summed E-state index contributed by atoms with van der Waals surface area (Å²) >= 11 is 4.52. The van der Waals surface area contributed by atoms with E-state index in [2.05, 4.69) is 22.2 Å². The summed E-state index contributed by atoms with van der Waals surface area (Å²) in [5, 5.41) is 6.14. The van der Waals surface area contributed by atoms with Gasteiger partial charge in [-0.15, -0.1) is 22.7 Å². The van der Waals surface area contributed by atoms with E-state index < -0.39 is 0 Å². The maximum absolute atomic E-state index is 12.5. The lowest BCUT2D eigenvalue weighted by Gasteiger charge is -2.17. The van der Waals surface area contributed by atoms with Crippen molar-refractivity contribution in [3.8, 4) is 0 Å². The van der Waals surface area contributed by atoms with Crippen LogP contribution in [0.1, 0.15) is 28.7 Å². The van der Waals surface area contributed by atoms with Crippen LogP contribution < -0.4 is 10.9 Å². The highest BCUT2D eigenvalue weighted by molar-refractivity contribution is 7.99. The van der Waals surface area contributed by atoms with E-state index in [1.807, 2.05) is 17.5 Å². The Kier molecular flexibility index (Phi) is 5.15. The minimum Gasteiger partial charge on any atom is -0.350 e. The van der Waals surface area contributed by atoms with E-state index in [4.69, 9.17) is 0 Å². The molecule has 3 aromatic rings. The van der Waals surface area contributed by atoms with Crippen LogP contribution in [0.15, 0.2) is 27.5 Å². The van der Waals surface area contributed by atoms with E-state index in [1.165, 1.54) is 22.2 Å². The van der Waals surface area contributed by atoms with E-state index in [-0.39, 0.29) is 17.2 Å². The molecule has 1 amide bonds. The monoisotopic (exact) mass is 405 g/mol. The lowest BCUT2D eigenvalue weighted by molar-refractivity contribution is -0.118. The molecule has 0 aliphatic heterocycles. The Morgan fingerprint density at radius 1 is 1.50 bits per heavy atom. The number of thioether (sulfide) groups is 1. The van der Waals surface area contributed by atoms with Crippen LogP contribution in [-0.2, 0) is 24.2 Å². The summed E-state index contributed by atoms with van der Waals surface area (Å²) in [5.74, 6) is 0.836. The SMILES string of the molecule is C[C@H]1CCc2c(sc3nc(SCC(=O)NCc4cccs4)[nH]c(=O)c23)C1. The van der Waals surface area contributed by atoms with Gasteiger partial charge in [-0.05, 0) is 42.2 Å². The second-order valence-corrected chi connectivity index (χ2v) is 9.63. The summed E-state index contributed by atoms with van der Waals surface area (Å²) < 4.78 is 0. The Morgan fingerprint density at radius 3 is 3.19 bits per heavy atom. The summed E-state index contributed by atoms with van der Waals surface area (Å²) in [7, 11) is 0. The third-order valence-electron chi connectivity index (χ3n) is 4.52. The van der Waals surface area contributed by atoms with Crippen LogP contribution in [0.2, 0.25) is 0 Å². The van der Waals surface area contributed by atoms with Gasteiger partial charge in [-0.1, -0.05) is 24.8 Å². The minimum atomic E-state index is -0.0800. The molecule has 8 heteroatoms. The first-order valence-electron chi connectivity index (χ1n) is 8.56. The number of aromatic nitrogens is 2. The number of thiophene rings is 2. The first-order chi connectivity index (χ1) is 12.6. The van der Waals surface area contributed by atoms with Crippen molar-refractivity contribution in [1.82, 2.24) is 15.3 Å². The maximum atomic E-state index is 12.5. The lowest BCUT2D eigenvalue weighted by Crippen LogP contribution is -2.24. The van der Waals surface area contributed by atoms with Crippen LogP contribution in [-0.4, -0.2) is 21.6 Å². The Hall–Kier alpha value is -1.64. The largest absolute Gasteiger partial charge is 0.350 e. The molecule has 0 spiro atoms. The Morgan fingerprint density at radius 2 is 2.38 bits per heavy atom. The highest BCUT2D eigenvalue weighted by atomic mass is 32.2. The van der Waals surface area contributed by atoms with Gasteiger partial charge in [0, 0.05) is 9.75 Å². The van der Waals surface area contributed by atoms with Crippen molar-refractivity contribution >= 4 is 50.6 Å². The molecule has 0 aromatic carbocycles. The molecule has 3 aromatic heterocycles. The normalized spacial score (nSPS) is 16.6. The molecular formula is C18H19N3O2S3. The number of carbonyl (C=O) groups excluding carboxylic acids is 1. The molecule has 26 heavy (non-hydrogen) atoms. The molecule has 0 radical (unpaired) electrons. The fraction of sp³-hybridized carbons (Fsp3) is 0.389. The second-order valence-electron chi connectivity index (χ2n) is 6.55.